The molecule has 0 radical (unpaired) electrons. The second-order valence-corrected chi connectivity index (χ2v) is 29.2. The summed E-state index contributed by atoms with van der Waals surface area (Å²) in [5, 5.41) is 0.251. The Bertz CT molecular complexity index is 2240. The highest BCUT2D eigenvalue weighted by Gasteiger charge is 2.39. The molecule has 0 atom stereocenters. The molecule has 0 amide bonds. The van der Waals surface area contributed by atoms with Crippen molar-refractivity contribution in [2.75, 3.05) is 0 Å². The molecular formula is C75H112OSi. The number of aryl methyl sites for hydroxylation is 5. The summed E-state index contributed by atoms with van der Waals surface area (Å²) in [6.45, 7) is 52.9. The zero-order valence-electron chi connectivity index (χ0n) is 52.7. The maximum absolute atomic E-state index is 6.30. The molecule has 0 aromatic heterocycles. The molecule has 2 heteroatoms. The smallest absolute Gasteiger partial charge is 0.250 e. The van der Waals surface area contributed by atoms with Crippen molar-refractivity contribution in [2.45, 2.75) is 219 Å². The van der Waals surface area contributed by atoms with Crippen LogP contribution in [0.4, 0.5) is 0 Å². The summed E-state index contributed by atoms with van der Waals surface area (Å²) in [6.07, 6.45) is 0. The van der Waals surface area contributed by atoms with Gasteiger partial charge in [0.1, 0.15) is 5.75 Å². The molecule has 0 saturated heterocycles. The van der Waals surface area contributed by atoms with Gasteiger partial charge in [-0.2, -0.15) is 0 Å². The number of benzene rings is 7. The van der Waals surface area contributed by atoms with Gasteiger partial charge >= 0.3 is 0 Å². The third-order valence-electron chi connectivity index (χ3n) is 13.9. The quantitative estimate of drug-likeness (QED) is 0.131. The fourth-order valence-electron chi connectivity index (χ4n) is 6.98. The van der Waals surface area contributed by atoms with E-state index in [0.717, 1.165) is 5.75 Å². The molecule has 77 heavy (non-hydrogen) atoms. The SMILES string of the molecule is C.CC(C)c1cccc(O[Si](C)(C)C(C)(C)C)c1.CC(C)c1ccccc1.Cc1ccc(C(C)C)cc1.Cc1ccc(C(C)C)cc1.Cc1ccc(C(C)C)cc1.Cc1ccc(C(C)C)cc1.Cc1ccc(C(C)C)cc1. The van der Waals surface area contributed by atoms with Crippen LogP contribution < -0.4 is 4.43 Å². The van der Waals surface area contributed by atoms with Crippen LogP contribution in [-0.4, -0.2) is 8.32 Å². The lowest BCUT2D eigenvalue weighted by Crippen LogP contribution is -2.43. The standard InChI is InChI=1S/C15H26OSi.5C10H14.C9H12.CH4/c1-12(2)13-9-8-10-14(11-13)16-17(6,7)15(3,4)5;5*1-8(2)10-6-4-9(3)5-7-10;1-8(2)9-6-4-3-5-7-9;/h8-12H,1-7H3;5*4-8H,1-3H3;3-8H,1-2H3;1H4. The number of hydrogen-bond acceptors (Lipinski definition) is 1. The van der Waals surface area contributed by atoms with E-state index in [-0.39, 0.29) is 12.5 Å². The van der Waals surface area contributed by atoms with E-state index in [1.54, 1.807) is 0 Å². The number of hydrogen-bond donors (Lipinski definition) is 0. The van der Waals surface area contributed by atoms with E-state index in [4.69, 9.17) is 4.43 Å². The molecule has 0 fully saturated rings. The van der Waals surface area contributed by atoms with Crippen LogP contribution in [0.3, 0.4) is 0 Å². The van der Waals surface area contributed by atoms with E-state index >= 15 is 0 Å². The lowest BCUT2D eigenvalue weighted by atomic mass is 10.0. The van der Waals surface area contributed by atoms with Crippen molar-refractivity contribution in [3.63, 3.8) is 0 Å². The van der Waals surface area contributed by atoms with Crippen LogP contribution in [0, 0.1) is 34.6 Å². The van der Waals surface area contributed by atoms with E-state index in [2.05, 4.69) is 335 Å². The van der Waals surface area contributed by atoms with Gasteiger partial charge in [-0.25, -0.2) is 0 Å². The fourth-order valence-corrected chi connectivity index (χ4v) is 8.00. The average molecular weight is 1060 g/mol. The largest absolute Gasteiger partial charge is 0.543 e. The van der Waals surface area contributed by atoms with E-state index in [9.17, 15) is 0 Å². The lowest BCUT2D eigenvalue weighted by Gasteiger charge is -2.36. The Morgan fingerprint density at radius 2 is 0.494 bits per heavy atom. The molecule has 0 unspecified atom stereocenters. The molecule has 422 valence electrons. The summed E-state index contributed by atoms with van der Waals surface area (Å²) in [5.74, 6) is 5.51. The summed E-state index contributed by atoms with van der Waals surface area (Å²) in [5.41, 5.74) is 16.6. The van der Waals surface area contributed by atoms with Crippen LogP contribution in [-0.2, 0) is 0 Å². The third kappa shape index (κ3) is 30.3. The van der Waals surface area contributed by atoms with Gasteiger partial charge in [-0.05, 0) is 145 Å². The van der Waals surface area contributed by atoms with Crippen molar-refractivity contribution >= 4 is 8.32 Å². The maximum Gasteiger partial charge on any atom is 0.250 e. The van der Waals surface area contributed by atoms with Crippen LogP contribution in [0.1, 0.15) is 233 Å². The third-order valence-corrected chi connectivity index (χ3v) is 18.2. The first-order chi connectivity index (χ1) is 35.4. The second-order valence-electron chi connectivity index (χ2n) is 24.5. The van der Waals surface area contributed by atoms with Crippen LogP contribution in [0.5, 0.6) is 5.75 Å². The van der Waals surface area contributed by atoms with Crippen LogP contribution >= 0.6 is 0 Å². The average Bonchev–Trinajstić information content (AvgIpc) is 3.36. The van der Waals surface area contributed by atoms with Crippen molar-refractivity contribution in [3.8, 4) is 5.75 Å². The van der Waals surface area contributed by atoms with Crippen LogP contribution in [0.2, 0.25) is 18.1 Å². The zero-order valence-corrected chi connectivity index (χ0v) is 53.7. The minimum absolute atomic E-state index is 0. The van der Waals surface area contributed by atoms with Gasteiger partial charge in [-0.1, -0.05) is 317 Å². The Kier molecular flexibility index (Phi) is 34.0. The normalized spacial score (nSPS) is 10.8. The molecule has 7 aromatic carbocycles. The molecule has 0 N–H and O–H groups in total. The summed E-state index contributed by atoms with van der Waals surface area (Å²) in [4.78, 5) is 0. The predicted molar refractivity (Wildman–Crippen MR) is 352 cm³/mol. The van der Waals surface area contributed by atoms with Gasteiger partial charge in [-0.3, -0.25) is 0 Å². The van der Waals surface area contributed by atoms with Gasteiger partial charge in [-0.15, -0.1) is 0 Å². The second kappa shape index (κ2) is 36.6. The van der Waals surface area contributed by atoms with Crippen molar-refractivity contribution in [1.82, 2.24) is 0 Å². The molecule has 0 saturated carbocycles. The molecule has 0 aliphatic heterocycles. The Hall–Kier alpha value is -5.44. The zero-order chi connectivity index (χ0) is 57.8. The Labute approximate surface area is 477 Å². The first-order valence-electron chi connectivity index (χ1n) is 28.6. The first kappa shape index (κ1) is 71.6. The van der Waals surface area contributed by atoms with Crippen molar-refractivity contribution < 1.29 is 4.43 Å². The first-order valence-corrected chi connectivity index (χ1v) is 31.5. The monoisotopic (exact) mass is 1060 g/mol. The van der Waals surface area contributed by atoms with E-state index in [0.29, 0.717) is 41.4 Å². The topological polar surface area (TPSA) is 9.23 Å². The minimum Gasteiger partial charge on any atom is -0.543 e. The summed E-state index contributed by atoms with van der Waals surface area (Å²) in [7, 11) is -1.70. The van der Waals surface area contributed by atoms with Crippen LogP contribution in [0.25, 0.3) is 0 Å². The summed E-state index contributed by atoms with van der Waals surface area (Å²) < 4.78 is 6.30. The Morgan fingerprint density at radius 3 is 0.688 bits per heavy atom. The van der Waals surface area contributed by atoms with Gasteiger partial charge in [0.15, 0.2) is 0 Å². The Balaban J connectivity index is 0.000000883. The van der Waals surface area contributed by atoms with Crippen molar-refractivity contribution in [2.24, 2.45) is 0 Å². The Morgan fingerprint density at radius 1 is 0.286 bits per heavy atom. The minimum atomic E-state index is -1.70. The number of rotatable bonds is 9. The van der Waals surface area contributed by atoms with E-state index in [1.165, 1.54) is 66.8 Å². The van der Waals surface area contributed by atoms with E-state index < -0.39 is 8.32 Å². The van der Waals surface area contributed by atoms with Gasteiger partial charge < -0.3 is 4.43 Å². The molecule has 0 aliphatic rings. The molecule has 0 bridgehead atoms. The fraction of sp³-hybridized carbons (Fsp3) is 0.440. The van der Waals surface area contributed by atoms with Gasteiger partial charge in [0, 0.05) is 0 Å². The van der Waals surface area contributed by atoms with E-state index in [1.807, 2.05) is 6.07 Å². The molecule has 7 rings (SSSR count). The summed E-state index contributed by atoms with van der Waals surface area (Å²) >= 11 is 0. The molecule has 0 heterocycles. The predicted octanol–water partition coefficient (Wildman–Crippen LogP) is 24.2. The lowest BCUT2D eigenvalue weighted by molar-refractivity contribution is 0.491. The molecule has 0 spiro atoms. The van der Waals surface area contributed by atoms with Crippen molar-refractivity contribution in [3.05, 3.63) is 243 Å². The highest BCUT2D eigenvalue weighted by molar-refractivity contribution is 6.74. The van der Waals surface area contributed by atoms with Gasteiger partial charge in [0.05, 0.1) is 0 Å². The van der Waals surface area contributed by atoms with Crippen LogP contribution in [0.15, 0.2) is 176 Å². The van der Waals surface area contributed by atoms with Gasteiger partial charge in [0.2, 0.25) is 8.32 Å². The molecule has 7 aromatic rings. The highest BCUT2D eigenvalue weighted by Crippen LogP contribution is 2.38. The van der Waals surface area contributed by atoms with Gasteiger partial charge in [0.25, 0.3) is 0 Å². The molecular weight excluding hydrogens is 945 g/mol. The molecule has 1 nitrogen and oxygen atoms in total. The summed E-state index contributed by atoms with van der Waals surface area (Å²) in [6, 6.07) is 62.6. The highest BCUT2D eigenvalue weighted by atomic mass is 28.4. The molecule has 0 aliphatic carbocycles. The van der Waals surface area contributed by atoms with Crippen molar-refractivity contribution in [1.29, 1.82) is 0 Å². The maximum atomic E-state index is 6.30.